The molecule has 0 N–H and O–H groups in total. The second-order valence-corrected chi connectivity index (χ2v) is 11.7. The van der Waals surface area contributed by atoms with Crippen molar-refractivity contribution >= 4 is 71.3 Å². The summed E-state index contributed by atoms with van der Waals surface area (Å²) in [4.78, 5) is 14.8. The highest BCUT2D eigenvalue weighted by molar-refractivity contribution is 6.27. The van der Waals surface area contributed by atoms with Gasteiger partial charge in [0.15, 0.2) is 5.58 Å². The molecule has 47 heavy (non-hydrogen) atoms. The van der Waals surface area contributed by atoms with Gasteiger partial charge >= 0.3 is 0 Å². The van der Waals surface area contributed by atoms with Crippen LogP contribution in [-0.4, -0.2) is 19.5 Å². The number of rotatable bonds is 5. The molecule has 0 aliphatic rings. The lowest BCUT2D eigenvalue weighted by Crippen LogP contribution is -1.94. The van der Waals surface area contributed by atoms with Crippen molar-refractivity contribution in [2.24, 2.45) is 0 Å². The monoisotopic (exact) mass is 604 g/mol. The van der Waals surface area contributed by atoms with Gasteiger partial charge in [-0.05, 0) is 48.9 Å². The molecule has 5 heteroatoms. The van der Waals surface area contributed by atoms with Gasteiger partial charge in [-0.1, -0.05) is 104 Å². The molecule has 222 valence electrons. The maximum atomic E-state index is 6.89. The van der Waals surface area contributed by atoms with Gasteiger partial charge in [-0.15, -0.1) is 0 Å². The van der Waals surface area contributed by atoms with Crippen LogP contribution in [0.1, 0.15) is 12.6 Å². The lowest BCUT2D eigenvalue weighted by Gasteiger charge is -2.09. The molecule has 0 radical (unpaired) electrons. The summed E-state index contributed by atoms with van der Waals surface area (Å²) in [5, 5.41) is 6.53. The number of hydrogen-bond donors (Lipinski definition) is 0. The molecule has 0 spiro atoms. The minimum atomic E-state index is 0.784. The number of fused-ring (bicyclic) bond motifs is 10. The molecule has 0 unspecified atom stereocenters. The summed E-state index contributed by atoms with van der Waals surface area (Å²) in [7, 11) is 0. The number of allylic oxidation sites excluding steroid dienone is 5. The van der Waals surface area contributed by atoms with E-state index >= 15 is 0 Å². The van der Waals surface area contributed by atoms with E-state index in [0.29, 0.717) is 0 Å². The Balaban J connectivity index is 1.26. The lowest BCUT2D eigenvalue weighted by atomic mass is 10.0. The summed E-state index contributed by atoms with van der Waals surface area (Å²) in [6, 6.07) is 37.8. The molecule has 0 fully saturated rings. The van der Waals surface area contributed by atoms with E-state index in [-0.39, 0.29) is 0 Å². The third kappa shape index (κ3) is 4.21. The Bertz CT molecular complexity index is 2760. The molecule has 0 aliphatic heterocycles. The van der Waals surface area contributed by atoms with Gasteiger partial charge < -0.3 is 4.42 Å². The average molecular weight is 605 g/mol. The van der Waals surface area contributed by atoms with Crippen molar-refractivity contribution in [2.45, 2.75) is 6.92 Å². The Morgan fingerprint density at radius 2 is 1.49 bits per heavy atom. The predicted octanol–water partition coefficient (Wildman–Crippen LogP) is 11.0. The zero-order valence-corrected chi connectivity index (χ0v) is 25.7. The van der Waals surface area contributed by atoms with Crippen molar-refractivity contribution in [3.05, 3.63) is 152 Å². The molecule has 5 heterocycles. The van der Waals surface area contributed by atoms with Crippen molar-refractivity contribution < 1.29 is 4.42 Å². The van der Waals surface area contributed by atoms with Crippen molar-refractivity contribution in [3.63, 3.8) is 0 Å². The van der Waals surface area contributed by atoms with Crippen LogP contribution in [0, 0.1) is 0 Å². The number of nitrogens with zero attached hydrogens (tertiary/aromatic N) is 4. The van der Waals surface area contributed by atoms with E-state index in [4.69, 9.17) is 14.4 Å². The van der Waals surface area contributed by atoms with Gasteiger partial charge in [-0.2, -0.15) is 0 Å². The van der Waals surface area contributed by atoms with Gasteiger partial charge in [-0.3, -0.25) is 9.55 Å². The molecule has 0 saturated carbocycles. The van der Waals surface area contributed by atoms with E-state index in [1.54, 1.807) is 6.08 Å². The highest BCUT2D eigenvalue weighted by atomic mass is 16.3. The van der Waals surface area contributed by atoms with Gasteiger partial charge in [0.05, 0.1) is 33.1 Å². The van der Waals surface area contributed by atoms with Crippen LogP contribution in [0.4, 0.5) is 0 Å². The van der Waals surface area contributed by atoms with E-state index in [0.717, 1.165) is 93.9 Å². The maximum absolute atomic E-state index is 6.89. The first-order valence-corrected chi connectivity index (χ1v) is 15.7. The van der Waals surface area contributed by atoms with E-state index in [1.165, 1.54) is 0 Å². The van der Waals surface area contributed by atoms with Gasteiger partial charge in [0.25, 0.3) is 0 Å². The predicted molar refractivity (Wildman–Crippen MR) is 195 cm³/mol. The summed E-state index contributed by atoms with van der Waals surface area (Å²) in [5.74, 6) is 0. The van der Waals surface area contributed by atoms with Gasteiger partial charge in [0, 0.05) is 44.4 Å². The van der Waals surface area contributed by atoms with Crippen LogP contribution in [0.25, 0.3) is 88.2 Å². The van der Waals surface area contributed by atoms with Crippen LogP contribution in [0.3, 0.4) is 0 Å². The zero-order valence-electron chi connectivity index (χ0n) is 25.7. The Morgan fingerprint density at radius 1 is 0.723 bits per heavy atom. The van der Waals surface area contributed by atoms with Crippen LogP contribution >= 0.6 is 0 Å². The van der Waals surface area contributed by atoms with Crippen molar-refractivity contribution in [2.75, 3.05) is 0 Å². The SMILES string of the molecule is C=C/C=C\C=C(/C)c1nc2ccccc2c2c1oc1c2c2ccccc2n1-c1ccc(-c2ccc3ccc4cccnc4c3n2)cc1. The second kappa shape index (κ2) is 10.6. The van der Waals surface area contributed by atoms with E-state index in [2.05, 4.69) is 126 Å². The molecule has 0 amide bonds. The fourth-order valence-corrected chi connectivity index (χ4v) is 6.74. The largest absolute Gasteiger partial charge is 0.437 e. The summed E-state index contributed by atoms with van der Waals surface area (Å²) in [5.41, 5.74) is 10.2. The van der Waals surface area contributed by atoms with Gasteiger partial charge in [0.2, 0.25) is 5.71 Å². The minimum absolute atomic E-state index is 0.784. The van der Waals surface area contributed by atoms with Crippen molar-refractivity contribution in [1.82, 2.24) is 19.5 Å². The van der Waals surface area contributed by atoms with Crippen LogP contribution in [0.5, 0.6) is 0 Å². The normalized spacial score (nSPS) is 12.5. The topological polar surface area (TPSA) is 56.7 Å². The molecule has 5 nitrogen and oxygen atoms in total. The first-order chi connectivity index (χ1) is 23.2. The molecule has 0 atom stereocenters. The molecule has 0 aliphatic carbocycles. The molecule has 4 aromatic carbocycles. The molecule has 9 aromatic rings. The lowest BCUT2D eigenvalue weighted by molar-refractivity contribution is 0.642. The van der Waals surface area contributed by atoms with Crippen LogP contribution in [-0.2, 0) is 0 Å². The van der Waals surface area contributed by atoms with Crippen LogP contribution < -0.4 is 0 Å². The third-order valence-electron chi connectivity index (χ3n) is 8.95. The first-order valence-electron chi connectivity index (χ1n) is 15.7. The number of para-hydroxylation sites is 2. The third-order valence-corrected chi connectivity index (χ3v) is 8.95. The highest BCUT2D eigenvalue weighted by Gasteiger charge is 2.24. The molecular weight excluding hydrogens is 576 g/mol. The van der Waals surface area contributed by atoms with Crippen LogP contribution in [0.15, 0.2) is 151 Å². The fraction of sp³-hybridized carbons (Fsp3) is 0.0238. The smallest absolute Gasteiger partial charge is 0.213 e. The number of aromatic nitrogens is 4. The first kappa shape index (κ1) is 27.0. The van der Waals surface area contributed by atoms with E-state index in [9.17, 15) is 0 Å². The number of pyridine rings is 3. The summed E-state index contributed by atoms with van der Waals surface area (Å²) < 4.78 is 9.11. The van der Waals surface area contributed by atoms with Crippen molar-refractivity contribution in [1.29, 1.82) is 0 Å². The minimum Gasteiger partial charge on any atom is -0.437 e. The Hall–Kier alpha value is -6.33. The summed E-state index contributed by atoms with van der Waals surface area (Å²) in [6.45, 7) is 5.87. The standard InChI is InChI=1S/C42H28N4O/c1-3-4-5-11-26(2)38-41-36(31-13-6-8-15-34(31)45-38)37-32-14-7-9-16-35(32)46(42(37)47-41)30-22-19-27(20-23-30)33-24-21-29-18-17-28-12-10-25-43-39(28)40(29)44-33/h3-25H,1H2,2H3/b5-4-,26-11+. The Morgan fingerprint density at radius 3 is 2.34 bits per heavy atom. The quantitative estimate of drug-likeness (QED) is 0.145. The van der Waals surface area contributed by atoms with E-state index in [1.807, 2.05) is 30.5 Å². The Labute approximate surface area is 270 Å². The molecular formula is C42H28N4O. The van der Waals surface area contributed by atoms with E-state index < -0.39 is 0 Å². The highest BCUT2D eigenvalue weighted by Crippen LogP contribution is 2.43. The maximum Gasteiger partial charge on any atom is 0.213 e. The van der Waals surface area contributed by atoms with Crippen LogP contribution in [0.2, 0.25) is 0 Å². The molecule has 0 bridgehead atoms. The average Bonchev–Trinajstić information content (AvgIpc) is 3.66. The molecule has 5 aromatic heterocycles. The number of benzene rings is 4. The zero-order chi connectivity index (χ0) is 31.5. The van der Waals surface area contributed by atoms with Gasteiger partial charge in [-0.25, -0.2) is 9.97 Å². The summed E-state index contributed by atoms with van der Waals surface area (Å²) >= 11 is 0. The Kier molecular flexibility index (Phi) is 6.12. The number of hydrogen-bond acceptors (Lipinski definition) is 4. The molecule has 9 rings (SSSR count). The summed E-state index contributed by atoms with van der Waals surface area (Å²) in [6.07, 6.45) is 9.54. The molecule has 0 saturated heterocycles. The van der Waals surface area contributed by atoms with Crippen molar-refractivity contribution in [3.8, 4) is 16.9 Å². The van der Waals surface area contributed by atoms with Gasteiger partial charge in [0.1, 0.15) is 5.69 Å². The number of furan rings is 1. The fourth-order valence-electron chi connectivity index (χ4n) is 6.74. The second-order valence-electron chi connectivity index (χ2n) is 11.7.